The van der Waals surface area contributed by atoms with Crippen LogP contribution in [0.15, 0.2) is 79.4 Å². The fraction of sp³-hybridized carbons (Fsp3) is 0.208. The molecule has 4 rings (SSSR count). The van der Waals surface area contributed by atoms with Crippen LogP contribution in [0.1, 0.15) is 24.2 Å². The predicted octanol–water partition coefficient (Wildman–Crippen LogP) is 4.86. The molecule has 2 aromatic carbocycles. The van der Waals surface area contributed by atoms with E-state index in [1.807, 2.05) is 60.3 Å². The second-order valence-corrected chi connectivity index (χ2v) is 7.34. The third kappa shape index (κ3) is 4.55. The Morgan fingerprint density at radius 1 is 1.00 bits per heavy atom. The van der Waals surface area contributed by atoms with Crippen LogP contribution in [0.4, 0.5) is 0 Å². The Morgan fingerprint density at radius 3 is 2.43 bits per heavy atom. The summed E-state index contributed by atoms with van der Waals surface area (Å²) >= 11 is 0. The number of para-hydroxylation sites is 1. The molecule has 4 aromatic rings. The average Bonchev–Trinajstić information content (AvgIpc) is 3.15. The second kappa shape index (κ2) is 8.88. The summed E-state index contributed by atoms with van der Waals surface area (Å²) in [4.78, 5) is 10.7. The van der Waals surface area contributed by atoms with Crippen LogP contribution < -0.4 is 4.74 Å². The molecule has 0 amide bonds. The van der Waals surface area contributed by atoms with Gasteiger partial charge < -0.3 is 4.74 Å². The molecule has 0 aliphatic heterocycles. The SMILES string of the molecule is CC(c1ccncn1)N(C)Cc1cn(C)nc1-c1ccc(Oc2ccccc2)cc1. The molecule has 2 heterocycles. The monoisotopic (exact) mass is 399 g/mol. The van der Waals surface area contributed by atoms with Crippen LogP contribution in [0, 0.1) is 0 Å². The maximum atomic E-state index is 5.90. The highest BCUT2D eigenvalue weighted by Gasteiger charge is 2.17. The third-order valence-corrected chi connectivity index (χ3v) is 5.13. The quantitative estimate of drug-likeness (QED) is 0.444. The molecule has 1 atom stereocenters. The first-order valence-corrected chi connectivity index (χ1v) is 9.92. The van der Waals surface area contributed by atoms with Gasteiger partial charge in [0.2, 0.25) is 0 Å². The van der Waals surface area contributed by atoms with Crippen LogP contribution in [0.25, 0.3) is 11.3 Å². The summed E-state index contributed by atoms with van der Waals surface area (Å²) in [5.41, 5.74) is 4.21. The zero-order valence-corrected chi connectivity index (χ0v) is 17.4. The smallest absolute Gasteiger partial charge is 0.127 e. The second-order valence-electron chi connectivity index (χ2n) is 7.34. The molecule has 30 heavy (non-hydrogen) atoms. The van der Waals surface area contributed by atoms with E-state index in [0.29, 0.717) is 0 Å². The Bertz CT molecular complexity index is 1080. The van der Waals surface area contributed by atoms with E-state index in [0.717, 1.165) is 40.6 Å². The first kappa shape index (κ1) is 19.8. The third-order valence-electron chi connectivity index (χ3n) is 5.13. The lowest BCUT2D eigenvalue weighted by atomic mass is 10.1. The van der Waals surface area contributed by atoms with Gasteiger partial charge in [-0.2, -0.15) is 5.10 Å². The standard InChI is InChI=1S/C24H25N5O/c1-18(23-13-14-25-17-26-23)28(2)15-20-16-29(3)27-24(20)19-9-11-22(12-10-19)30-21-7-5-4-6-8-21/h4-14,16-18H,15H2,1-3H3. The average molecular weight is 399 g/mol. The lowest BCUT2D eigenvalue weighted by Crippen LogP contribution is -2.22. The molecule has 0 bridgehead atoms. The number of hydrogen-bond acceptors (Lipinski definition) is 5. The molecule has 0 fully saturated rings. The number of benzene rings is 2. The highest BCUT2D eigenvalue weighted by Crippen LogP contribution is 2.28. The summed E-state index contributed by atoms with van der Waals surface area (Å²) in [5.74, 6) is 1.63. The molecule has 0 radical (unpaired) electrons. The highest BCUT2D eigenvalue weighted by atomic mass is 16.5. The van der Waals surface area contributed by atoms with E-state index < -0.39 is 0 Å². The topological polar surface area (TPSA) is 56.1 Å². The summed E-state index contributed by atoms with van der Waals surface area (Å²) < 4.78 is 7.77. The van der Waals surface area contributed by atoms with Crippen molar-refractivity contribution in [3.8, 4) is 22.8 Å². The number of aromatic nitrogens is 4. The number of hydrogen-bond donors (Lipinski definition) is 0. The van der Waals surface area contributed by atoms with Gasteiger partial charge in [0.25, 0.3) is 0 Å². The first-order valence-electron chi connectivity index (χ1n) is 9.92. The van der Waals surface area contributed by atoms with Gasteiger partial charge >= 0.3 is 0 Å². The summed E-state index contributed by atoms with van der Waals surface area (Å²) in [6.45, 7) is 2.91. The van der Waals surface area contributed by atoms with Crippen LogP contribution in [0.3, 0.4) is 0 Å². The molecule has 0 aliphatic carbocycles. The van der Waals surface area contributed by atoms with Crippen molar-refractivity contribution in [2.75, 3.05) is 7.05 Å². The largest absolute Gasteiger partial charge is 0.457 e. The Balaban J connectivity index is 1.51. The van der Waals surface area contributed by atoms with Gasteiger partial charge in [0.1, 0.15) is 17.8 Å². The van der Waals surface area contributed by atoms with Crippen LogP contribution in [-0.2, 0) is 13.6 Å². The lowest BCUT2D eigenvalue weighted by Gasteiger charge is -2.24. The summed E-state index contributed by atoms with van der Waals surface area (Å²) in [6.07, 6.45) is 5.45. The normalized spacial score (nSPS) is 12.1. The fourth-order valence-electron chi connectivity index (χ4n) is 3.38. The molecule has 2 aromatic heterocycles. The van der Waals surface area contributed by atoms with Crippen molar-refractivity contribution in [3.05, 3.63) is 90.6 Å². The molecular weight excluding hydrogens is 374 g/mol. The van der Waals surface area contributed by atoms with E-state index in [1.165, 1.54) is 0 Å². The molecule has 6 nitrogen and oxygen atoms in total. The lowest BCUT2D eigenvalue weighted by molar-refractivity contribution is 0.248. The fourth-order valence-corrected chi connectivity index (χ4v) is 3.38. The maximum Gasteiger partial charge on any atom is 0.127 e. The summed E-state index contributed by atoms with van der Waals surface area (Å²) in [6, 6.07) is 20.0. The van der Waals surface area contributed by atoms with E-state index >= 15 is 0 Å². The van der Waals surface area contributed by atoms with Gasteiger partial charge in [-0.25, -0.2) is 9.97 Å². The van der Waals surface area contributed by atoms with Crippen molar-refractivity contribution in [1.82, 2.24) is 24.6 Å². The Kier molecular flexibility index (Phi) is 5.86. The van der Waals surface area contributed by atoms with Crippen LogP contribution in [0.5, 0.6) is 11.5 Å². The van der Waals surface area contributed by atoms with E-state index in [2.05, 4.69) is 47.2 Å². The van der Waals surface area contributed by atoms with E-state index in [1.54, 1.807) is 12.5 Å². The van der Waals surface area contributed by atoms with Crippen LogP contribution >= 0.6 is 0 Å². The molecule has 1 unspecified atom stereocenters. The van der Waals surface area contributed by atoms with Gasteiger partial charge in [0.15, 0.2) is 0 Å². The number of ether oxygens (including phenoxy) is 1. The van der Waals surface area contributed by atoms with Gasteiger partial charge in [-0.05, 0) is 56.4 Å². The Morgan fingerprint density at radius 2 is 1.73 bits per heavy atom. The molecule has 0 N–H and O–H groups in total. The van der Waals surface area contributed by atoms with Gasteiger partial charge in [-0.1, -0.05) is 18.2 Å². The molecule has 0 spiro atoms. The van der Waals surface area contributed by atoms with Crippen molar-refractivity contribution in [2.45, 2.75) is 19.5 Å². The molecule has 0 aliphatic rings. The molecule has 152 valence electrons. The summed E-state index contributed by atoms with van der Waals surface area (Å²) in [5, 5.41) is 4.70. The first-order chi connectivity index (χ1) is 14.6. The van der Waals surface area contributed by atoms with Crippen molar-refractivity contribution in [3.63, 3.8) is 0 Å². The van der Waals surface area contributed by atoms with Crippen molar-refractivity contribution >= 4 is 0 Å². The van der Waals surface area contributed by atoms with Gasteiger partial charge in [0, 0.05) is 43.2 Å². The van der Waals surface area contributed by atoms with E-state index in [-0.39, 0.29) is 6.04 Å². The maximum absolute atomic E-state index is 5.90. The zero-order chi connectivity index (χ0) is 20.9. The van der Waals surface area contributed by atoms with E-state index in [4.69, 9.17) is 9.84 Å². The van der Waals surface area contributed by atoms with Gasteiger partial charge in [-0.3, -0.25) is 9.58 Å². The van der Waals surface area contributed by atoms with Crippen molar-refractivity contribution in [2.24, 2.45) is 7.05 Å². The highest BCUT2D eigenvalue weighted by molar-refractivity contribution is 5.63. The number of aryl methyl sites for hydroxylation is 1. The minimum Gasteiger partial charge on any atom is -0.457 e. The van der Waals surface area contributed by atoms with Crippen molar-refractivity contribution < 1.29 is 4.74 Å². The van der Waals surface area contributed by atoms with Gasteiger partial charge in [0.05, 0.1) is 11.4 Å². The number of nitrogens with zero attached hydrogens (tertiary/aromatic N) is 5. The summed E-state index contributed by atoms with van der Waals surface area (Å²) in [7, 11) is 4.05. The molecule has 0 saturated carbocycles. The van der Waals surface area contributed by atoms with Crippen LogP contribution in [-0.4, -0.2) is 31.7 Å². The minimum atomic E-state index is 0.169. The van der Waals surface area contributed by atoms with Crippen LogP contribution in [0.2, 0.25) is 0 Å². The predicted molar refractivity (Wildman–Crippen MR) is 117 cm³/mol. The minimum absolute atomic E-state index is 0.169. The van der Waals surface area contributed by atoms with Gasteiger partial charge in [-0.15, -0.1) is 0 Å². The Labute approximate surface area is 176 Å². The molecule has 0 saturated heterocycles. The van der Waals surface area contributed by atoms with E-state index in [9.17, 15) is 0 Å². The molecular formula is C24H25N5O. The Hall–Kier alpha value is -3.51. The van der Waals surface area contributed by atoms with Crippen molar-refractivity contribution in [1.29, 1.82) is 0 Å². The number of rotatable bonds is 7. The molecule has 6 heteroatoms. The zero-order valence-electron chi connectivity index (χ0n) is 17.4.